The monoisotopic (exact) mass is 532 g/mol. The van der Waals surface area contributed by atoms with E-state index in [-0.39, 0.29) is 22.6 Å². The summed E-state index contributed by atoms with van der Waals surface area (Å²) < 4.78 is 0. The number of hydrogen-bond donors (Lipinski definition) is 2. The zero-order chi connectivity index (χ0) is 26.9. The van der Waals surface area contributed by atoms with Crippen molar-refractivity contribution in [2.45, 2.75) is 77.0 Å². The average Bonchev–Trinajstić information content (AvgIpc) is 2.92. The molecule has 206 valence electrons. The lowest BCUT2D eigenvalue weighted by atomic mass is 9.49. The Labute approximate surface area is 238 Å². The molecule has 4 nitrogen and oxygen atoms in total. The number of carbonyl (C=O) groups is 2. The SMILES string of the molecule is O=C(Nc1ccc(C#Cc2ccc(NC(=O)C34CC5CC(CC(C5)C3)C4)cc2)cc1)C12CC3CC(CC(C3)C1)C2. The smallest absolute Gasteiger partial charge is 0.230 e. The molecular weight excluding hydrogens is 492 g/mol. The van der Waals surface area contributed by atoms with Crippen LogP contribution in [0.3, 0.4) is 0 Å². The largest absolute Gasteiger partial charge is 0.326 e. The molecule has 2 amide bonds. The highest BCUT2D eigenvalue weighted by atomic mass is 16.2. The van der Waals surface area contributed by atoms with Crippen LogP contribution in [-0.4, -0.2) is 11.8 Å². The van der Waals surface area contributed by atoms with Gasteiger partial charge < -0.3 is 10.6 Å². The maximum atomic E-state index is 13.3. The predicted molar refractivity (Wildman–Crippen MR) is 157 cm³/mol. The first kappa shape index (κ1) is 24.7. The first-order chi connectivity index (χ1) is 19.4. The van der Waals surface area contributed by atoms with Crippen LogP contribution in [0.25, 0.3) is 0 Å². The molecule has 8 fully saturated rings. The lowest BCUT2D eigenvalue weighted by Crippen LogP contribution is -2.51. The van der Waals surface area contributed by atoms with Gasteiger partial charge in [-0.1, -0.05) is 11.8 Å². The highest BCUT2D eigenvalue weighted by Gasteiger charge is 2.55. The molecule has 0 heterocycles. The number of amides is 2. The van der Waals surface area contributed by atoms with E-state index in [2.05, 4.69) is 22.5 Å². The molecule has 40 heavy (non-hydrogen) atoms. The number of nitrogens with one attached hydrogen (secondary N) is 2. The van der Waals surface area contributed by atoms with Crippen molar-refractivity contribution in [2.24, 2.45) is 46.3 Å². The topological polar surface area (TPSA) is 58.2 Å². The van der Waals surface area contributed by atoms with Gasteiger partial charge >= 0.3 is 0 Å². The molecule has 4 heteroatoms. The Hall–Kier alpha value is -3.06. The molecule has 2 aromatic carbocycles. The second kappa shape index (κ2) is 9.23. The van der Waals surface area contributed by atoms with E-state index in [9.17, 15) is 9.59 Å². The van der Waals surface area contributed by atoms with E-state index in [0.29, 0.717) is 0 Å². The van der Waals surface area contributed by atoms with Gasteiger partial charge in [0.25, 0.3) is 0 Å². The third-order valence-corrected chi connectivity index (χ3v) is 11.7. The Kier molecular flexibility index (Phi) is 5.70. The molecule has 8 bridgehead atoms. The number of benzene rings is 2. The molecule has 0 spiro atoms. The second-order valence-electron chi connectivity index (χ2n) is 14.7. The zero-order valence-electron chi connectivity index (χ0n) is 23.4. The lowest BCUT2D eigenvalue weighted by Gasteiger charge is -2.55. The van der Waals surface area contributed by atoms with Crippen molar-refractivity contribution < 1.29 is 9.59 Å². The lowest BCUT2D eigenvalue weighted by molar-refractivity contribution is -0.141. The van der Waals surface area contributed by atoms with E-state index in [1.807, 2.05) is 48.5 Å². The molecule has 0 atom stereocenters. The summed E-state index contributed by atoms with van der Waals surface area (Å²) in [5, 5.41) is 6.48. The van der Waals surface area contributed by atoms with Crippen molar-refractivity contribution >= 4 is 23.2 Å². The molecule has 2 N–H and O–H groups in total. The van der Waals surface area contributed by atoms with Crippen molar-refractivity contribution in [1.29, 1.82) is 0 Å². The van der Waals surface area contributed by atoms with Gasteiger partial charge in [-0.3, -0.25) is 9.59 Å². The van der Waals surface area contributed by atoms with Crippen molar-refractivity contribution in [1.82, 2.24) is 0 Å². The fourth-order valence-corrected chi connectivity index (χ4v) is 10.7. The third-order valence-electron chi connectivity index (χ3n) is 11.7. The van der Waals surface area contributed by atoms with Gasteiger partial charge in [-0.25, -0.2) is 0 Å². The minimum Gasteiger partial charge on any atom is -0.326 e. The van der Waals surface area contributed by atoms with Crippen LogP contribution in [0.4, 0.5) is 11.4 Å². The average molecular weight is 533 g/mol. The second-order valence-corrected chi connectivity index (χ2v) is 14.7. The van der Waals surface area contributed by atoms with E-state index in [1.54, 1.807) is 0 Å². The maximum absolute atomic E-state index is 13.3. The summed E-state index contributed by atoms with van der Waals surface area (Å²) in [4.78, 5) is 26.7. The van der Waals surface area contributed by atoms with Crippen molar-refractivity contribution in [2.75, 3.05) is 10.6 Å². The first-order valence-corrected chi connectivity index (χ1v) is 15.8. The van der Waals surface area contributed by atoms with Crippen LogP contribution in [0.15, 0.2) is 48.5 Å². The van der Waals surface area contributed by atoms with Crippen LogP contribution in [0.1, 0.15) is 88.2 Å². The van der Waals surface area contributed by atoms with Gasteiger partial charge in [0, 0.05) is 22.5 Å². The summed E-state index contributed by atoms with van der Waals surface area (Å²) >= 11 is 0. The number of hydrogen-bond acceptors (Lipinski definition) is 2. The van der Waals surface area contributed by atoms with E-state index >= 15 is 0 Å². The molecule has 10 rings (SSSR count). The molecular formula is C36H40N2O2. The molecule has 0 aromatic heterocycles. The molecule has 8 aliphatic rings. The van der Waals surface area contributed by atoms with Crippen LogP contribution in [0.5, 0.6) is 0 Å². The van der Waals surface area contributed by atoms with Gasteiger partial charge in [0.05, 0.1) is 10.8 Å². The first-order valence-electron chi connectivity index (χ1n) is 15.8. The minimum absolute atomic E-state index is 0.131. The van der Waals surface area contributed by atoms with Crippen LogP contribution >= 0.6 is 0 Å². The fraction of sp³-hybridized carbons (Fsp3) is 0.556. The fourth-order valence-electron chi connectivity index (χ4n) is 10.7. The third kappa shape index (κ3) is 4.37. The quantitative estimate of drug-likeness (QED) is 0.403. The Morgan fingerprint density at radius 2 is 0.775 bits per heavy atom. The Morgan fingerprint density at radius 3 is 1.05 bits per heavy atom. The molecule has 0 radical (unpaired) electrons. The Bertz CT molecular complexity index is 1220. The van der Waals surface area contributed by atoms with Gasteiger partial charge in [0.1, 0.15) is 0 Å². The Balaban J connectivity index is 0.885. The Morgan fingerprint density at radius 1 is 0.500 bits per heavy atom. The minimum atomic E-state index is -0.131. The van der Waals surface area contributed by atoms with Gasteiger partial charge in [-0.05, 0) is 161 Å². The van der Waals surface area contributed by atoms with E-state index in [4.69, 9.17) is 0 Å². The summed E-state index contributed by atoms with van der Waals surface area (Å²) in [5.74, 6) is 11.6. The number of carbonyl (C=O) groups excluding carboxylic acids is 2. The van der Waals surface area contributed by atoms with Crippen molar-refractivity contribution in [3.05, 3.63) is 59.7 Å². The highest BCUT2D eigenvalue weighted by Crippen LogP contribution is 2.61. The molecule has 8 aliphatic carbocycles. The molecule has 0 unspecified atom stereocenters. The predicted octanol–water partition coefficient (Wildman–Crippen LogP) is 7.40. The zero-order valence-corrected chi connectivity index (χ0v) is 23.4. The van der Waals surface area contributed by atoms with Crippen molar-refractivity contribution in [3.8, 4) is 11.8 Å². The number of rotatable bonds is 4. The highest BCUT2D eigenvalue weighted by molar-refractivity contribution is 5.96. The van der Waals surface area contributed by atoms with Crippen LogP contribution in [0.2, 0.25) is 0 Å². The van der Waals surface area contributed by atoms with Gasteiger partial charge in [0.2, 0.25) is 11.8 Å². The molecule has 8 saturated carbocycles. The summed E-state index contributed by atoms with van der Waals surface area (Å²) in [6, 6.07) is 15.9. The van der Waals surface area contributed by atoms with E-state index < -0.39 is 0 Å². The van der Waals surface area contributed by atoms with Gasteiger partial charge in [-0.2, -0.15) is 0 Å². The van der Waals surface area contributed by atoms with Crippen molar-refractivity contribution in [3.63, 3.8) is 0 Å². The van der Waals surface area contributed by atoms with E-state index in [0.717, 1.165) is 96.5 Å². The maximum Gasteiger partial charge on any atom is 0.230 e. The van der Waals surface area contributed by atoms with Crippen LogP contribution in [-0.2, 0) is 9.59 Å². The van der Waals surface area contributed by atoms with Crippen LogP contribution in [0, 0.1) is 58.2 Å². The molecule has 0 saturated heterocycles. The molecule has 2 aromatic rings. The molecule has 0 aliphatic heterocycles. The normalized spacial score (nSPS) is 38.0. The summed E-state index contributed by atoms with van der Waals surface area (Å²) in [6.07, 6.45) is 14.6. The van der Waals surface area contributed by atoms with E-state index in [1.165, 1.54) is 38.5 Å². The summed E-state index contributed by atoms with van der Waals surface area (Å²) in [5.41, 5.74) is 3.32. The van der Waals surface area contributed by atoms with Crippen LogP contribution < -0.4 is 10.6 Å². The van der Waals surface area contributed by atoms with Gasteiger partial charge in [0.15, 0.2) is 0 Å². The summed E-state index contributed by atoms with van der Waals surface area (Å²) in [6.45, 7) is 0. The summed E-state index contributed by atoms with van der Waals surface area (Å²) in [7, 11) is 0. The van der Waals surface area contributed by atoms with Gasteiger partial charge in [-0.15, -0.1) is 0 Å². The standard InChI is InChI=1S/C36H40N2O2/c39-33(35-17-25-11-26(18-35)13-27(12-25)19-35)37-31-7-3-23(4-8-31)1-2-24-5-9-32(10-6-24)38-34(40)36-20-28-14-29(21-36)16-30(15-28)22-36/h3-10,25-30H,11-22H2,(H,37,39)(H,38,40). The number of anilines is 2.